The van der Waals surface area contributed by atoms with Gasteiger partial charge in [0.1, 0.15) is 5.75 Å². The van der Waals surface area contributed by atoms with E-state index in [2.05, 4.69) is 11.4 Å². The van der Waals surface area contributed by atoms with Crippen molar-refractivity contribution in [1.29, 1.82) is 0 Å². The Hall–Kier alpha value is -1.96. The molecule has 0 atom stereocenters. The first kappa shape index (κ1) is 10.6. The topological polar surface area (TPSA) is 32.3 Å². The number of hydrogen-bond donors (Lipinski definition) is 2. The molecule has 0 aliphatic rings. The first-order valence-electron chi connectivity index (χ1n) is 5.32. The molecule has 0 aliphatic carbocycles. The van der Waals surface area contributed by atoms with Crippen molar-refractivity contribution in [2.75, 3.05) is 5.32 Å². The summed E-state index contributed by atoms with van der Waals surface area (Å²) in [5.74, 6) is 0.324. The van der Waals surface area contributed by atoms with E-state index in [1.807, 2.05) is 37.3 Å². The van der Waals surface area contributed by atoms with E-state index in [0.29, 0.717) is 5.75 Å². The van der Waals surface area contributed by atoms with Crippen molar-refractivity contribution >= 4 is 5.69 Å². The lowest BCUT2D eigenvalue weighted by Crippen LogP contribution is -1.99. The normalized spacial score (nSPS) is 10.1. The molecule has 2 rings (SSSR count). The molecular weight excluding hydrogens is 198 g/mol. The Morgan fingerprint density at radius 1 is 1.06 bits per heavy atom. The van der Waals surface area contributed by atoms with Gasteiger partial charge in [0.15, 0.2) is 0 Å². The quantitative estimate of drug-likeness (QED) is 0.819. The lowest BCUT2D eigenvalue weighted by molar-refractivity contribution is 0.474. The third-order valence-corrected chi connectivity index (χ3v) is 2.39. The average Bonchev–Trinajstić information content (AvgIpc) is 2.27. The highest BCUT2D eigenvalue weighted by molar-refractivity contribution is 5.44. The summed E-state index contributed by atoms with van der Waals surface area (Å²) in [5.41, 5.74) is 3.25. The molecule has 0 amide bonds. The largest absolute Gasteiger partial charge is 0.508 e. The molecule has 2 aromatic carbocycles. The molecule has 0 aromatic heterocycles. The minimum atomic E-state index is 0.324. The molecule has 0 radical (unpaired) electrons. The Kier molecular flexibility index (Phi) is 3.10. The maximum Gasteiger partial charge on any atom is 0.116 e. The molecule has 82 valence electrons. The summed E-state index contributed by atoms with van der Waals surface area (Å²) in [4.78, 5) is 0. The van der Waals surface area contributed by atoms with Crippen molar-refractivity contribution in [2.45, 2.75) is 13.5 Å². The van der Waals surface area contributed by atoms with E-state index < -0.39 is 0 Å². The van der Waals surface area contributed by atoms with Crippen molar-refractivity contribution in [3.63, 3.8) is 0 Å². The van der Waals surface area contributed by atoms with Gasteiger partial charge in [-0.3, -0.25) is 0 Å². The van der Waals surface area contributed by atoms with Crippen molar-refractivity contribution in [2.24, 2.45) is 0 Å². The molecule has 0 heterocycles. The SMILES string of the molecule is Cc1cc(O)cc(CNc2ccccc2)c1. The molecule has 2 N–H and O–H groups in total. The van der Waals surface area contributed by atoms with Crippen LogP contribution in [-0.2, 0) is 6.54 Å². The van der Waals surface area contributed by atoms with Gasteiger partial charge in [0.25, 0.3) is 0 Å². The van der Waals surface area contributed by atoms with Crippen LogP contribution in [0.2, 0.25) is 0 Å². The van der Waals surface area contributed by atoms with E-state index >= 15 is 0 Å². The monoisotopic (exact) mass is 213 g/mol. The third kappa shape index (κ3) is 2.76. The molecule has 0 aliphatic heterocycles. The lowest BCUT2D eigenvalue weighted by Gasteiger charge is -2.07. The van der Waals surface area contributed by atoms with E-state index in [4.69, 9.17) is 0 Å². The highest BCUT2D eigenvalue weighted by Crippen LogP contribution is 2.16. The predicted octanol–water partition coefficient (Wildman–Crippen LogP) is 3.31. The Bertz CT molecular complexity index is 445. The van der Waals surface area contributed by atoms with E-state index in [-0.39, 0.29) is 0 Å². The number of nitrogens with one attached hydrogen (secondary N) is 1. The second-order valence-corrected chi connectivity index (χ2v) is 3.90. The van der Waals surface area contributed by atoms with Crippen LogP contribution in [0.1, 0.15) is 11.1 Å². The van der Waals surface area contributed by atoms with Gasteiger partial charge in [0, 0.05) is 12.2 Å². The fourth-order valence-corrected chi connectivity index (χ4v) is 1.70. The number of para-hydroxylation sites is 1. The first-order valence-corrected chi connectivity index (χ1v) is 5.32. The molecule has 2 heteroatoms. The Balaban J connectivity index is 2.05. The number of rotatable bonds is 3. The van der Waals surface area contributed by atoms with Crippen molar-refractivity contribution in [1.82, 2.24) is 0 Å². The highest BCUT2D eigenvalue weighted by Gasteiger charge is 1.97. The first-order chi connectivity index (χ1) is 7.74. The van der Waals surface area contributed by atoms with Crippen LogP contribution < -0.4 is 5.32 Å². The fourth-order valence-electron chi connectivity index (χ4n) is 1.70. The molecule has 0 spiro atoms. The molecule has 16 heavy (non-hydrogen) atoms. The van der Waals surface area contributed by atoms with Gasteiger partial charge < -0.3 is 10.4 Å². The molecule has 0 bridgehead atoms. The Labute approximate surface area is 95.6 Å². The summed E-state index contributed by atoms with van der Waals surface area (Å²) < 4.78 is 0. The van der Waals surface area contributed by atoms with Gasteiger partial charge in [-0.2, -0.15) is 0 Å². The van der Waals surface area contributed by atoms with Crippen LogP contribution in [0.15, 0.2) is 48.5 Å². The predicted molar refractivity (Wildman–Crippen MR) is 66.6 cm³/mol. The zero-order valence-electron chi connectivity index (χ0n) is 9.27. The molecule has 2 aromatic rings. The van der Waals surface area contributed by atoms with Gasteiger partial charge in [-0.15, -0.1) is 0 Å². The van der Waals surface area contributed by atoms with Crippen molar-refractivity contribution in [3.05, 3.63) is 59.7 Å². The van der Waals surface area contributed by atoms with Gasteiger partial charge in [0.05, 0.1) is 0 Å². The second kappa shape index (κ2) is 4.71. The van der Waals surface area contributed by atoms with Crippen LogP contribution in [0.25, 0.3) is 0 Å². The minimum absolute atomic E-state index is 0.324. The van der Waals surface area contributed by atoms with Crippen LogP contribution in [0.3, 0.4) is 0 Å². The molecule has 0 saturated carbocycles. The smallest absolute Gasteiger partial charge is 0.116 e. The number of hydrogen-bond acceptors (Lipinski definition) is 2. The lowest BCUT2D eigenvalue weighted by atomic mass is 10.1. The number of aryl methyl sites for hydroxylation is 1. The molecule has 0 fully saturated rings. The van der Waals surface area contributed by atoms with Gasteiger partial charge in [0.2, 0.25) is 0 Å². The van der Waals surface area contributed by atoms with E-state index in [1.165, 1.54) is 0 Å². The van der Waals surface area contributed by atoms with Crippen LogP contribution in [0.5, 0.6) is 5.75 Å². The van der Waals surface area contributed by atoms with E-state index in [0.717, 1.165) is 23.4 Å². The van der Waals surface area contributed by atoms with Crippen LogP contribution in [0, 0.1) is 6.92 Å². The maximum atomic E-state index is 9.46. The average molecular weight is 213 g/mol. The van der Waals surface area contributed by atoms with Crippen molar-refractivity contribution < 1.29 is 5.11 Å². The Morgan fingerprint density at radius 3 is 2.50 bits per heavy atom. The number of phenolic OH excluding ortho intramolecular Hbond substituents is 1. The summed E-state index contributed by atoms with van der Waals surface area (Å²) in [7, 11) is 0. The number of anilines is 1. The fraction of sp³-hybridized carbons (Fsp3) is 0.143. The molecule has 0 saturated heterocycles. The van der Waals surface area contributed by atoms with Gasteiger partial charge in [-0.05, 0) is 42.3 Å². The Morgan fingerprint density at radius 2 is 1.81 bits per heavy atom. The number of phenols is 1. The second-order valence-electron chi connectivity index (χ2n) is 3.90. The van der Waals surface area contributed by atoms with Gasteiger partial charge >= 0.3 is 0 Å². The van der Waals surface area contributed by atoms with Crippen molar-refractivity contribution in [3.8, 4) is 5.75 Å². The molecular formula is C14H15NO. The molecule has 0 unspecified atom stereocenters. The standard InChI is InChI=1S/C14H15NO/c1-11-7-12(9-14(16)8-11)10-15-13-5-3-2-4-6-13/h2-9,15-16H,10H2,1H3. The zero-order chi connectivity index (χ0) is 11.4. The summed E-state index contributed by atoms with van der Waals surface area (Å²) in [6.07, 6.45) is 0. The third-order valence-electron chi connectivity index (χ3n) is 2.39. The van der Waals surface area contributed by atoms with E-state index in [1.54, 1.807) is 12.1 Å². The van der Waals surface area contributed by atoms with Crippen LogP contribution in [-0.4, -0.2) is 5.11 Å². The van der Waals surface area contributed by atoms with Gasteiger partial charge in [-0.25, -0.2) is 0 Å². The van der Waals surface area contributed by atoms with Gasteiger partial charge in [-0.1, -0.05) is 24.3 Å². The highest BCUT2D eigenvalue weighted by atomic mass is 16.3. The zero-order valence-corrected chi connectivity index (χ0v) is 9.27. The number of aromatic hydroxyl groups is 1. The van der Waals surface area contributed by atoms with Crippen LogP contribution >= 0.6 is 0 Å². The summed E-state index contributed by atoms with van der Waals surface area (Å²) >= 11 is 0. The summed E-state index contributed by atoms with van der Waals surface area (Å²) in [6, 6.07) is 15.6. The summed E-state index contributed by atoms with van der Waals surface area (Å²) in [5, 5.41) is 12.8. The van der Waals surface area contributed by atoms with E-state index in [9.17, 15) is 5.11 Å². The number of benzene rings is 2. The minimum Gasteiger partial charge on any atom is -0.508 e. The summed E-state index contributed by atoms with van der Waals surface area (Å²) in [6.45, 7) is 2.70. The maximum absolute atomic E-state index is 9.46. The molecule has 2 nitrogen and oxygen atoms in total. The van der Waals surface area contributed by atoms with Crippen LogP contribution in [0.4, 0.5) is 5.69 Å².